The summed E-state index contributed by atoms with van der Waals surface area (Å²) in [4.78, 5) is 1.25. The van der Waals surface area contributed by atoms with Crippen LogP contribution in [0.4, 0.5) is 10.3 Å². The second-order valence-corrected chi connectivity index (χ2v) is 6.46. The van der Waals surface area contributed by atoms with Crippen molar-refractivity contribution in [1.29, 1.82) is 0 Å². The molecule has 1 heterocycles. The van der Waals surface area contributed by atoms with E-state index in [1.54, 1.807) is 18.2 Å². The Morgan fingerprint density at radius 3 is 2.68 bits per heavy atom. The second-order valence-electron chi connectivity index (χ2n) is 5.65. The monoisotopic (exact) mass is 426 g/mol. The van der Waals surface area contributed by atoms with Crippen molar-refractivity contribution in [2.45, 2.75) is 20.1 Å². The number of nitrogens with one attached hydrogen (secondary N) is 1. The molecule has 28 heavy (non-hydrogen) atoms. The molecule has 3 rings (SSSR count). The second kappa shape index (κ2) is 8.94. The maximum Gasteiger partial charge on any atom is 0.260 e. The van der Waals surface area contributed by atoms with Crippen LogP contribution >= 0.6 is 23.2 Å². The zero-order valence-electron chi connectivity index (χ0n) is 14.8. The predicted molar refractivity (Wildman–Crippen MR) is 104 cm³/mol. The fraction of sp³-hybridized carbons (Fsp3) is 0.235. The van der Waals surface area contributed by atoms with Crippen molar-refractivity contribution in [3.05, 3.63) is 57.3 Å². The van der Waals surface area contributed by atoms with Gasteiger partial charge in [0.05, 0.1) is 23.2 Å². The summed E-state index contributed by atoms with van der Waals surface area (Å²) in [5.74, 6) is 0.554. The number of tetrazole rings is 1. The summed E-state index contributed by atoms with van der Waals surface area (Å²) < 4.78 is 24.7. The molecule has 0 aliphatic rings. The summed E-state index contributed by atoms with van der Waals surface area (Å²) in [6, 6.07) is 7.60. The molecule has 2 aromatic carbocycles. The molecular weight excluding hydrogens is 410 g/mol. The van der Waals surface area contributed by atoms with E-state index < -0.39 is 5.82 Å². The Morgan fingerprint density at radius 2 is 2.00 bits per heavy atom. The third-order valence-corrected chi connectivity index (χ3v) is 4.32. The van der Waals surface area contributed by atoms with E-state index in [1.165, 1.54) is 16.9 Å². The lowest BCUT2D eigenvalue weighted by Gasteiger charge is -2.16. The van der Waals surface area contributed by atoms with E-state index in [0.29, 0.717) is 35.2 Å². The fourth-order valence-corrected chi connectivity index (χ4v) is 2.90. The van der Waals surface area contributed by atoms with Crippen LogP contribution in [0.1, 0.15) is 18.1 Å². The minimum atomic E-state index is -0.415. The molecule has 0 atom stereocenters. The van der Waals surface area contributed by atoms with Gasteiger partial charge in [-0.2, -0.15) is 0 Å². The van der Waals surface area contributed by atoms with E-state index >= 15 is 0 Å². The van der Waals surface area contributed by atoms with Gasteiger partial charge in [-0.15, -0.1) is 4.79 Å². The average Bonchev–Trinajstić information content (AvgIpc) is 3.06. The number of halogens is 3. The summed E-state index contributed by atoms with van der Waals surface area (Å²) in [7, 11) is 0. The van der Waals surface area contributed by atoms with Crippen LogP contribution in [0.2, 0.25) is 10.0 Å². The Hall–Kier alpha value is -2.78. The molecule has 3 N–H and O–H groups in total. The Bertz CT molecular complexity index is 969. The smallest absolute Gasteiger partial charge is 0.260 e. The lowest BCUT2D eigenvalue weighted by molar-refractivity contribution is 0.269. The van der Waals surface area contributed by atoms with Crippen LogP contribution in [0.5, 0.6) is 11.5 Å². The van der Waals surface area contributed by atoms with Crippen molar-refractivity contribution in [3.63, 3.8) is 0 Å². The third kappa shape index (κ3) is 4.73. The minimum Gasteiger partial charge on any atom is -0.490 e. The molecule has 8 nitrogen and oxygen atoms in total. The summed E-state index contributed by atoms with van der Waals surface area (Å²) in [5.41, 5.74) is 9.98. The molecule has 11 heteroatoms. The highest BCUT2D eigenvalue weighted by atomic mass is 35.5. The molecule has 0 spiro atoms. The van der Waals surface area contributed by atoms with E-state index in [4.69, 9.17) is 38.4 Å². The lowest BCUT2D eigenvalue weighted by atomic mass is 10.2. The summed E-state index contributed by atoms with van der Waals surface area (Å²) in [6.45, 7) is 2.72. The van der Waals surface area contributed by atoms with E-state index in [1.807, 2.05) is 6.92 Å². The summed E-state index contributed by atoms with van der Waals surface area (Å²) >= 11 is 12.4. The fourth-order valence-electron chi connectivity index (χ4n) is 2.39. The lowest BCUT2D eigenvalue weighted by Crippen LogP contribution is -2.18. The number of hydrogen-bond donors (Lipinski definition) is 2. The van der Waals surface area contributed by atoms with Gasteiger partial charge in [0, 0.05) is 5.56 Å². The number of aromatic nitrogens is 4. The Kier molecular flexibility index (Phi) is 6.37. The van der Waals surface area contributed by atoms with Crippen LogP contribution in [0.25, 0.3) is 0 Å². The number of anilines is 1. The third-order valence-electron chi connectivity index (χ3n) is 3.68. The number of nitrogens with two attached hydrogens (primary N) is 1. The zero-order chi connectivity index (χ0) is 20.1. The Labute approximate surface area is 170 Å². The quantitative estimate of drug-likeness (QED) is 0.568. The van der Waals surface area contributed by atoms with E-state index in [2.05, 4.69) is 21.0 Å². The van der Waals surface area contributed by atoms with Gasteiger partial charge in [-0.25, -0.2) is 4.39 Å². The van der Waals surface area contributed by atoms with Crippen molar-refractivity contribution in [2.24, 2.45) is 0 Å². The van der Waals surface area contributed by atoms with Crippen LogP contribution in [-0.2, 0) is 13.2 Å². The van der Waals surface area contributed by atoms with Crippen LogP contribution in [0.15, 0.2) is 30.3 Å². The SMILES string of the molecule is CCOc1cc(CNn2nnnc2N)cc(Cl)c1OCc1ccc(F)cc1Cl. The van der Waals surface area contributed by atoms with E-state index in [0.717, 1.165) is 5.56 Å². The van der Waals surface area contributed by atoms with Gasteiger partial charge in [-0.1, -0.05) is 34.4 Å². The molecule has 3 aromatic rings. The highest BCUT2D eigenvalue weighted by Crippen LogP contribution is 2.37. The number of benzene rings is 2. The standard InChI is InChI=1S/C17H17Cl2FN6O2/c1-2-27-15-6-10(8-22-26-17(21)23-24-25-26)5-14(19)16(15)28-9-11-3-4-12(20)7-13(11)18/h3-7,22H,2,8-9H2,1H3,(H2,21,23,25). The zero-order valence-corrected chi connectivity index (χ0v) is 16.3. The van der Waals surface area contributed by atoms with Gasteiger partial charge in [0.1, 0.15) is 12.4 Å². The van der Waals surface area contributed by atoms with E-state index in [9.17, 15) is 4.39 Å². The molecule has 1 aromatic heterocycles. The average molecular weight is 427 g/mol. The number of ether oxygens (including phenoxy) is 2. The van der Waals surface area contributed by atoms with Crippen molar-refractivity contribution in [3.8, 4) is 11.5 Å². The van der Waals surface area contributed by atoms with Gasteiger partial charge < -0.3 is 20.6 Å². The van der Waals surface area contributed by atoms with Gasteiger partial charge in [0.25, 0.3) is 5.95 Å². The molecule has 0 radical (unpaired) electrons. The molecule has 0 fully saturated rings. The van der Waals surface area contributed by atoms with Gasteiger partial charge in [-0.3, -0.25) is 0 Å². The molecule has 0 aliphatic carbocycles. The first kappa shape index (κ1) is 20.0. The molecule has 0 aliphatic heterocycles. The maximum absolute atomic E-state index is 13.2. The molecular formula is C17H17Cl2FN6O2. The molecule has 0 saturated carbocycles. The van der Waals surface area contributed by atoms with Crippen molar-refractivity contribution in [1.82, 2.24) is 20.3 Å². The Balaban J connectivity index is 1.77. The van der Waals surface area contributed by atoms with Crippen molar-refractivity contribution < 1.29 is 13.9 Å². The topological polar surface area (TPSA) is 100 Å². The van der Waals surface area contributed by atoms with Gasteiger partial charge in [0.2, 0.25) is 0 Å². The van der Waals surface area contributed by atoms with Crippen LogP contribution in [0.3, 0.4) is 0 Å². The van der Waals surface area contributed by atoms with Crippen LogP contribution in [0, 0.1) is 5.82 Å². The van der Waals surface area contributed by atoms with Gasteiger partial charge in [-0.05, 0) is 47.2 Å². The number of nitrogen functional groups attached to an aromatic ring is 1. The predicted octanol–water partition coefficient (Wildman–Crippen LogP) is 3.42. The largest absolute Gasteiger partial charge is 0.490 e. The molecule has 0 unspecified atom stereocenters. The van der Waals surface area contributed by atoms with Crippen LogP contribution in [-0.4, -0.2) is 26.9 Å². The molecule has 0 amide bonds. The highest BCUT2D eigenvalue weighted by molar-refractivity contribution is 6.32. The first-order valence-corrected chi connectivity index (χ1v) is 9.03. The number of hydrogen-bond acceptors (Lipinski definition) is 7. The molecule has 0 bridgehead atoms. The Morgan fingerprint density at radius 1 is 1.18 bits per heavy atom. The van der Waals surface area contributed by atoms with Gasteiger partial charge >= 0.3 is 0 Å². The molecule has 148 valence electrons. The minimum absolute atomic E-state index is 0.109. The van der Waals surface area contributed by atoms with Gasteiger partial charge in [0.15, 0.2) is 11.5 Å². The first-order chi connectivity index (χ1) is 13.5. The number of rotatable bonds is 8. The summed E-state index contributed by atoms with van der Waals surface area (Å²) in [6.07, 6.45) is 0. The normalized spacial score (nSPS) is 10.7. The maximum atomic E-state index is 13.2. The highest BCUT2D eigenvalue weighted by Gasteiger charge is 2.14. The first-order valence-electron chi connectivity index (χ1n) is 8.27. The van der Waals surface area contributed by atoms with Crippen LogP contribution < -0.4 is 20.6 Å². The van der Waals surface area contributed by atoms with Crippen molar-refractivity contribution >= 4 is 29.2 Å². The molecule has 0 saturated heterocycles. The number of nitrogens with zero attached hydrogens (tertiary/aromatic N) is 4. The van der Waals surface area contributed by atoms with E-state index in [-0.39, 0.29) is 17.6 Å². The summed E-state index contributed by atoms with van der Waals surface area (Å²) in [5, 5.41) is 11.4. The van der Waals surface area contributed by atoms with Crippen molar-refractivity contribution in [2.75, 3.05) is 17.8 Å².